The number of benzene rings is 1. The third-order valence-electron chi connectivity index (χ3n) is 2.06. The predicted octanol–water partition coefficient (Wildman–Crippen LogP) is 2.52. The third kappa shape index (κ3) is 1.97. The van der Waals surface area contributed by atoms with Gasteiger partial charge in [0.05, 0.1) is 5.69 Å². The lowest BCUT2D eigenvalue weighted by molar-refractivity contribution is 0.602. The molecule has 0 aliphatic carbocycles. The van der Waals surface area contributed by atoms with E-state index >= 15 is 0 Å². The topological polar surface area (TPSA) is 54.7 Å². The molecule has 1 heterocycles. The Morgan fingerprint density at radius 2 is 2.20 bits per heavy atom. The maximum Gasteiger partial charge on any atom is 0.145 e. The molecule has 2 rings (SSSR count). The fraction of sp³-hybridized carbons (Fsp3) is 0.100. The standard InChI is InChI=1S/C10H10FN3S/c1-15-9-4-6(2-3-7(9)11)8-5-10(12)14-13-8/h2-5H,1H3,(H3,12,13,14). The van der Waals surface area contributed by atoms with Gasteiger partial charge < -0.3 is 5.73 Å². The van der Waals surface area contributed by atoms with Crippen LogP contribution in [0.3, 0.4) is 0 Å². The van der Waals surface area contributed by atoms with E-state index < -0.39 is 0 Å². The number of thioether (sulfide) groups is 1. The van der Waals surface area contributed by atoms with E-state index in [4.69, 9.17) is 5.73 Å². The number of hydrogen-bond donors (Lipinski definition) is 2. The molecule has 0 unspecified atom stereocenters. The summed E-state index contributed by atoms with van der Waals surface area (Å²) in [4.78, 5) is 0.612. The summed E-state index contributed by atoms with van der Waals surface area (Å²) >= 11 is 1.37. The molecule has 0 amide bonds. The summed E-state index contributed by atoms with van der Waals surface area (Å²) in [5.74, 6) is 0.221. The van der Waals surface area contributed by atoms with Crippen LogP contribution in [0.2, 0.25) is 0 Å². The molecule has 0 spiro atoms. The first kappa shape index (κ1) is 10.0. The first-order valence-corrected chi connectivity index (χ1v) is 5.58. The summed E-state index contributed by atoms with van der Waals surface area (Å²) < 4.78 is 13.2. The van der Waals surface area contributed by atoms with E-state index in [0.29, 0.717) is 10.7 Å². The number of rotatable bonds is 2. The van der Waals surface area contributed by atoms with Crippen molar-refractivity contribution in [3.05, 3.63) is 30.1 Å². The van der Waals surface area contributed by atoms with Crippen LogP contribution in [0.1, 0.15) is 0 Å². The van der Waals surface area contributed by atoms with Gasteiger partial charge in [0.25, 0.3) is 0 Å². The second kappa shape index (κ2) is 3.94. The van der Waals surface area contributed by atoms with Crippen LogP contribution in [0.25, 0.3) is 11.3 Å². The molecule has 0 saturated heterocycles. The molecule has 3 N–H and O–H groups in total. The number of aromatic nitrogens is 2. The number of nitrogens with zero attached hydrogens (tertiary/aromatic N) is 1. The number of H-pyrrole nitrogens is 1. The van der Waals surface area contributed by atoms with Gasteiger partial charge in [0, 0.05) is 16.5 Å². The van der Waals surface area contributed by atoms with E-state index in [-0.39, 0.29) is 5.82 Å². The van der Waals surface area contributed by atoms with Gasteiger partial charge in [-0.25, -0.2) is 4.39 Å². The number of anilines is 1. The van der Waals surface area contributed by atoms with Crippen molar-refractivity contribution in [3.63, 3.8) is 0 Å². The number of hydrogen-bond acceptors (Lipinski definition) is 3. The first-order valence-electron chi connectivity index (χ1n) is 4.35. The summed E-state index contributed by atoms with van der Waals surface area (Å²) in [6.45, 7) is 0. The molecule has 0 bridgehead atoms. The van der Waals surface area contributed by atoms with Gasteiger partial charge in [-0.2, -0.15) is 5.10 Å². The van der Waals surface area contributed by atoms with E-state index in [2.05, 4.69) is 10.2 Å². The molecule has 0 atom stereocenters. The van der Waals surface area contributed by atoms with Gasteiger partial charge in [0.2, 0.25) is 0 Å². The Hall–Kier alpha value is -1.49. The highest BCUT2D eigenvalue weighted by molar-refractivity contribution is 7.98. The average Bonchev–Trinajstić information content (AvgIpc) is 2.66. The molecular weight excluding hydrogens is 213 g/mol. The predicted molar refractivity (Wildman–Crippen MR) is 60.2 cm³/mol. The van der Waals surface area contributed by atoms with Crippen molar-refractivity contribution in [1.82, 2.24) is 10.2 Å². The van der Waals surface area contributed by atoms with Crippen LogP contribution in [0.4, 0.5) is 10.2 Å². The first-order chi connectivity index (χ1) is 7.20. The normalized spacial score (nSPS) is 10.5. The Labute approximate surface area is 90.9 Å². The molecule has 15 heavy (non-hydrogen) atoms. The molecule has 1 aromatic heterocycles. The SMILES string of the molecule is CSc1cc(-c2cc(N)n[nH]2)ccc1F. The van der Waals surface area contributed by atoms with Crippen molar-refractivity contribution in [2.75, 3.05) is 12.0 Å². The Morgan fingerprint density at radius 1 is 1.40 bits per heavy atom. The summed E-state index contributed by atoms with van der Waals surface area (Å²) in [5.41, 5.74) is 7.17. The van der Waals surface area contributed by atoms with Crippen LogP contribution >= 0.6 is 11.8 Å². The minimum absolute atomic E-state index is 0.210. The van der Waals surface area contributed by atoms with Crippen LogP contribution in [0, 0.1) is 5.82 Å². The number of nitrogens with one attached hydrogen (secondary N) is 1. The van der Waals surface area contributed by atoms with E-state index in [1.54, 1.807) is 18.2 Å². The Bertz CT molecular complexity index is 481. The molecule has 5 heteroatoms. The lowest BCUT2D eigenvalue weighted by Gasteiger charge is -2.02. The van der Waals surface area contributed by atoms with Crippen molar-refractivity contribution in [2.45, 2.75) is 4.90 Å². The Kier molecular flexibility index (Phi) is 2.64. The van der Waals surface area contributed by atoms with Crippen molar-refractivity contribution in [3.8, 4) is 11.3 Å². The van der Waals surface area contributed by atoms with Crippen molar-refractivity contribution < 1.29 is 4.39 Å². The van der Waals surface area contributed by atoms with E-state index in [1.807, 2.05) is 6.26 Å². The molecule has 1 aromatic carbocycles. The van der Waals surface area contributed by atoms with Crippen LogP contribution in [-0.2, 0) is 0 Å². The van der Waals surface area contributed by atoms with Crippen molar-refractivity contribution in [2.24, 2.45) is 0 Å². The molecule has 2 aromatic rings. The zero-order valence-electron chi connectivity index (χ0n) is 8.12. The molecule has 0 radical (unpaired) electrons. The maximum atomic E-state index is 13.2. The molecule has 0 saturated carbocycles. The lowest BCUT2D eigenvalue weighted by atomic mass is 10.1. The maximum absolute atomic E-state index is 13.2. The van der Waals surface area contributed by atoms with Crippen molar-refractivity contribution >= 4 is 17.6 Å². The number of nitrogens with two attached hydrogens (primary N) is 1. The fourth-order valence-electron chi connectivity index (χ4n) is 1.31. The van der Waals surface area contributed by atoms with Crippen LogP contribution in [0.15, 0.2) is 29.2 Å². The number of halogens is 1. The van der Waals surface area contributed by atoms with Crippen LogP contribution in [-0.4, -0.2) is 16.5 Å². The largest absolute Gasteiger partial charge is 0.382 e. The average molecular weight is 223 g/mol. The minimum atomic E-state index is -0.210. The Balaban J connectivity index is 2.45. The second-order valence-corrected chi connectivity index (χ2v) is 3.90. The summed E-state index contributed by atoms with van der Waals surface area (Å²) in [6, 6.07) is 6.63. The third-order valence-corrected chi connectivity index (χ3v) is 2.81. The molecule has 0 aliphatic heterocycles. The molecule has 78 valence electrons. The monoisotopic (exact) mass is 223 g/mol. The van der Waals surface area contributed by atoms with Gasteiger partial charge in [0.1, 0.15) is 11.6 Å². The smallest absolute Gasteiger partial charge is 0.145 e. The summed E-state index contributed by atoms with van der Waals surface area (Å²) in [5, 5.41) is 6.61. The fourth-order valence-corrected chi connectivity index (χ4v) is 1.82. The summed E-state index contributed by atoms with van der Waals surface area (Å²) in [6.07, 6.45) is 1.84. The quantitative estimate of drug-likeness (QED) is 0.769. The van der Waals surface area contributed by atoms with Gasteiger partial charge in [-0.15, -0.1) is 11.8 Å². The zero-order valence-corrected chi connectivity index (χ0v) is 8.94. The van der Waals surface area contributed by atoms with Gasteiger partial charge in [-0.05, 0) is 24.5 Å². The number of nitrogen functional groups attached to an aromatic ring is 1. The van der Waals surface area contributed by atoms with Gasteiger partial charge in [-0.1, -0.05) is 0 Å². The molecule has 3 nitrogen and oxygen atoms in total. The number of aromatic amines is 1. The molecule has 0 fully saturated rings. The van der Waals surface area contributed by atoms with Crippen molar-refractivity contribution in [1.29, 1.82) is 0 Å². The van der Waals surface area contributed by atoms with E-state index in [9.17, 15) is 4.39 Å². The van der Waals surface area contributed by atoms with E-state index in [1.165, 1.54) is 17.8 Å². The zero-order chi connectivity index (χ0) is 10.8. The highest BCUT2D eigenvalue weighted by Gasteiger charge is 2.05. The highest BCUT2D eigenvalue weighted by Crippen LogP contribution is 2.26. The van der Waals surface area contributed by atoms with Crippen LogP contribution < -0.4 is 5.73 Å². The molecule has 0 aliphatic rings. The highest BCUT2D eigenvalue weighted by atomic mass is 32.2. The summed E-state index contributed by atoms with van der Waals surface area (Å²) in [7, 11) is 0. The lowest BCUT2D eigenvalue weighted by Crippen LogP contribution is -1.83. The minimum Gasteiger partial charge on any atom is -0.382 e. The van der Waals surface area contributed by atoms with Gasteiger partial charge in [-0.3, -0.25) is 5.10 Å². The van der Waals surface area contributed by atoms with Crippen LogP contribution in [0.5, 0.6) is 0 Å². The van der Waals surface area contributed by atoms with Gasteiger partial charge in [0.15, 0.2) is 0 Å². The van der Waals surface area contributed by atoms with Gasteiger partial charge >= 0.3 is 0 Å². The Morgan fingerprint density at radius 3 is 2.80 bits per heavy atom. The second-order valence-electron chi connectivity index (χ2n) is 3.06. The molecular formula is C10H10FN3S. The van der Waals surface area contributed by atoms with E-state index in [0.717, 1.165) is 11.3 Å².